The molecule has 1 amide bonds. The highest BCUT2D eigenvalue weighted by molar-refractivity contribution is 7.89. The number of hydrogen-bond donors (Lipinski definition) is 1. The van der Waals surface area contributed by atoms with E-state index < -0.39 is 10.0 Å². The quantitative estimate of drug-likeness (QED) is 0.713. The van der Waals surface area contributed by atoms with Crippen molar-refractivity contribution < 1.29 is 17.9 Å². The lowest BCUT2D eigenvalue weighted by atomic mass is 9.99. The molecule has 7 heteroatoms. The molecule has 0 spiro atoms. The van der Waals surface area contributed by atoms with Crippen molar-refractivity contribution in [3.63, 3.8) is 0 Å². The molecule has 158 valence electrons. The number of carbonyl (C=O) groups excluding carboxylic acids is 1. The minimum atomic E-state index is -3.55. The predicted octanol–water partition coefficient (Wildman–Crippen LogP) is 3.37. The summed E-state index contributed by atoms with van der Waals surface area (Å²) in [5.41, 5.74) is 4.06. The molecule has 0 heterocycles. The Morgan fingerprint density at radius 1 is 1.14 bits per heavy atom. The second-order valence-electron chi connectivity index (χ2n) is 7.41. The number of aryl methyl sites for hydroxylation is 3. The summed E-state index contributed by atoms with van der Waals surface area (Å²) in [4.78, 5) is 12.7. The van der Waals surface area contributed by atoms with E-state index in [-0.39, 0.29) is 23.3 Å². The molecule has 0 aliphatic heterocycles. The van der Waals surface area contributed by atoms with Crippen LogP contribution in [0.5, 0.6) is 5.75 Å². The van der Waals surface area contributed by atoms with Crippen molar-refractivity contribution in [1.29, 1.82) is 0 Å². The largest absolute Gasteiger partial charge is 0.496 e. The van der Waals surface area contributed by atoms with Gasteiger partial charge in [0.15, 0.2) is 0 Å². The predicted molar refractivity (Wildman–Crippen MR) is 115 cm³/mol. The fourth-order valence-electron chi connectivity index (χ4n) is 3.19. The second kappa shape index (κ2) is 9.41. The van der Waals surface area contributed by atoms with Crippen LogP contribution in [0.15, 0.2) is 41.3 Å². The smallest absolute Gasteiger partial charge is 0.242 e. The van der Waals surface area contributed by atoms with Crippen LogP contribution in [0.1, 0.15) is 41.6 Å². The van der Waals surface area contributed by atoms with Crippen molar-refractivity contribution in [2.24, 2.45) is 0 Å². The number of hydrogen-bond acceptors (Lipinski definition) is 4. The topological polar surface area (TPSA) is 75.7 Å². The first kappa shape index (κ1) is 22.9. The zero-order valence-corrected chi connectivity index (χ0v) is 18.8. The van der Waals surface area contributed by atoms with E-state index in [2.05, 4.69) is 23.5 Å². The molecule has 6 nitrogen and oxygen atoms in total. The molecule has 0 saturated carbocycles. The first-order chi connectivity index (χ1) is 13.6. The average molecular weight is 419 g/mol. The summed E-state index contributed by atoms with van der Waals surface area (Å²) >= 11 is 0. The Morgan fingerprint density at radius 2 is 1.83 bits per heavy atom. The number of sulfonamides is 1. The Morgan fingerprint density at radius 3 is 2.45 bits per heavy atom. The van der Waals surface area contributed by atoms with Crippen LogP contribution in [0, 0.1) is 13.8 Å². The van der Waals surface area contributed by atoms with E-state index in [1.54, 1.807) is 12.1 Å². The average Bonchev–Trinajstić information content (AvgIpc) is 2.67. The van der Waals surface area contributed by atoms with Gasteiger partial charge in [0.1, 0.15) is 5.75 Å². The number of methoxy groups -OCH3 is 1. The maximum absolute atomic E-state index is 12.5. The van der Waals surface area contributed by atoms with Gasteiger partial charge < -0.3 is 10.1 Å². The van der Waals surface area contributed by atoms with E-state index in [1.165, 1.54) is 27.3 Å². The Hall–Kier alpha value is -2.38. The summed E-state index contributed by atoms with van der Waals surface area (Å²) in [5, 5.41) is 3.03. The van der Waals surface area contributed by atoms with Crippen molar-refractivity contribution in [2.75, 3.05) is 21.2 Å². The highest BCUT2D eigenvalue weighted by Crippen LogP contribution is 2.25. The molecular weight excluding hydrogens is 388 g/mol. The summed E-state index contributed by atoms with van der Waals surface area (Å²) in [6.07, 6.45) is 0.613. The zero-order chi connectivity index (χ0) is 21.8. The molecule has 1 atom stereocenters. The van der Waals surface area contributed by atoms with Crippen molar-refractivity contribution in [1.82, 2.24) is 9.62 Å². The van der Waals surface area contributed by atoms with Gasteiger partial charge in [-0.3, -0.25) is 4.79 Å². The molecule has 0 radical (unpaired) electrons. The number of ether oxygens (including phenoxy) is 1. The molecule has 2 aromatic carbocycles. The summed E-state index contributed by atoms with van der Waals surface area (Å²) in [6, 6.07) is 10.8. The fourth-order valence-corrected chi connectivity index (χ4v) is 4.14. The van der Waals surface area contributed by atoms with Crippen LogP contribution >= 0.6 is 0 Å². The molecule has 2 rings (SSSR count). The van der Waals surface area contributed by atoms with Gasteiger partial charge in [-0.25, -0.2) is 12.7 Å². The van der Waals surface area contributed by atoms with E-state index in [4.69, 9.17) is 4.74 Å². The van der Waals surface area contributed by atoms with E-state index in [1.807, 2.05) is 20.8 Å². The molecule has 0 aliphatic carbocycles. The van der Waals surface area contributed by atoms with Crippen LogP contribution in [0.4, 0.5) is 0 Å². The molecule has 0 aliphatic rings. The zero-order valence-electron chi connectivity index (χ0n) is 17.9. The Bertz CT molecular complexity index is 984. The molecule has 29 heavy (non-hydrogen) atoms. The number of benzene rings is 2. The van der Waals surface area contributed by atoms with Crippen LogP contribution in [0.25, 0.3) is 0 Å². The number of amides is 1. The first-order valence-electron chi connectivity index (χ1n) is 9.52. The lowest BCUT2D eigenvalue weighted by molar-refractivity contribution is -0.121. The minimum Gasteiger partial charge on any atom is -0.496 e. The summed E-state index contributed by atoms with van der Waals surface area (Å²) in [5.74, 6) is 0.472. The van der Waals surface area contributed by atoms with E-state index in [0.29, 0.717) is 17.7 Å². The van der Waals surface area contributed by atoms with Crippen LogP contribution in [0.3, 0.4) is 0 Å². The van der Waals surface area contributed by atoms with E-state index in [9.17, 15) is 13.2 Å². The van der Waals surface area contributed by atoms with E-state index >= 15 is 0 Å². The molecule has 0 fully saturated rings. The minimum absolute atomic E-state index is 0.0960. The van der Waals surface area contributed by atoms with Crippen molar-refractivity contribution in [2.45, 2.75) is 44.6 Å². The molecular formula is C22H30N2O4S. The molecule has 0 saturated heterocycles. The summed E-state index contributed by atoms with van der Waals surface area (Å²) in [7, 11) is 0.955. The van der Waals surface area contributed by atoms with Crippen LogP contribution < -0.4 is 10.1 Å². The highest BCUT2D eigenvalue weighted by atomic mass is 32.2. The Balaban J connectivity index is 2.12. The van der Waals surface area contributed by atoms with Gasteiger partial charge in [0.2, 0.25) is 15.9 Å². The number of rotatable bonds is 8. The number of carbonyl (C=O) groups is 1. The number of nitrogens with zero attached hydrogens (tertiary/aromatic N) is 1. The van der Waals surface area contributed by atoms with Gasteiger partial charge in [-0.05, 0) is 62.1 Å². The monoisotopic (exact) mass is 418 g/mol. The van der Waals surface area contributed by atoms with Gasteiger partial charge in [-0.15, -0.1) is 0 Å². The van der Waals surface area contributed by atoms with Crippen molar-refractivity contribution >= 4 is 15.9 Å². The van der Waals surface area contributed by atoms with Crippen LogP contribution in [-0.4, -0.2) is 39.8 Å². The fraction of sp³-hybridized carbons (Fsp3) is 0.409. The molecule has 2 aromatic rings. The third-order valence-corrected chi connectivity index (χ3v) is 6.74. The second-order valence-corrected chi connectivity index (χ2v) is 9.56. The number of nitrogens with one attached hydrogen (secondary N) is 1. The lowest BCUT2D eigenvalue weighted by Gasteiger charge is -2.18. The molecule has 1 unspecified atom stereocenters. The van der Waals surface area contributed by atoms with Crippen LogP contribution in [0.2, 0.25) is 0 Å². The SMILES string of the molecule is COc1ccc(S(=O)(=O)N(C)C)cc1CCC(=O)NC(C)c1cc(C)ccc1C. The summed E-state index contributed by atoms with van der Waals surface area (Å²) < 4.78 is 31.3. The standard InChI is InChI=1S/C22H30N2O4S/c1-15-7-8-16(2)20(13-15)17(3)23-22(25)12-9-18-14-19(10-11-21(18)28-6)29(26,27)24(4)5/h7-8,10-11,13-14,17H,9,12H2,1-6H3,(H,23,25). The van der Waals surface area contributed by atoms with E-state index in [0.717, 1.165) is 21.0 Å². The third kappa shape index (κ3) is 5.58. The van der Waals surface area contributed by atoms with Gasteiger partial charge in [0.05, 0.1) is 18.0 Å². The van der Waals surface area contributed by atoms with Crippen molar-refractivity contribution in [3.8, 4) is 5.75 Å². The first-order valence-corrected chi connectivity index (χ1v) is 11.0. The maximum Gasteiger partial charge on any atom is 0.242 e. The highest BCUT2D eigenvalue weighted by Gasteiger charge is 2.20. The van der Waals surface area contributed by atoms with Crippen molar-refractivity contribution in [3.05, 3.63) is 58.7 Å². The van der Waals surface area contributed by atoms with Gasteiger partial charge in [-0.2, -0.15) is 0 Å². The van der Waals surface area contributed by atoms with Gasteiger partial charge in [0.25, 0.3) is 0 Å². The Kier molecular flexibility index (Phi) is 7.43. The molecule has 0 bridgehead atoms. The third-order valence-electron chi connectivity index (χ3n) is 4.93. The lowest BCUT2D eigenvalue weighted by Crippen LogP contribution is -2.27. The normalized spacial score (nSPS) is 12.7. The van der Waals surface area contributed by atoms with Gasteiger partial charge >= 0.3 is 0 Å². The van der Waals surface area contributed by atoms with Gasteiger partial charge in [-0.1, -0.05) is 23.8 Å². The molecule has 0 aromatic heterocycles. The van der Waals surface area contributed by atoms with Crippen LogP contribution in [-0.2, 0) is 21.2 Å². The molecule has 1 N–H and O–H groups in total. The Labute approximate surface area is 173 Å². The summed E-state index contributed by atoms with van der Waals surface area (Å²) in [6.45, 7) is 6.02. The maximum atomic E-state index is 12.5. The van der Waals surface area contributed by atoms with Gasteiger partial charge in [0, 0.05) is 20.5 Å².